The molecule has 21 heavy (non-hydrogen) atoms. The van der Waals surface area contributed by atoms with Crippen molar-refractivity contribution >= 4 is 21.6 Å². The zero-order valence-electron chi connectivity index (χ0n) is 11.5. The SMILES string of the molecule is Cc1ccc(-c2noc(CNc3ccccc3)n2)c(Br)c1. The molecule has 0 amide bonds. The first kappa shape index (κ1) is 13.8. The summed E-state index contributed by atoms with van der Waals surface area (Å²) in [7, 11) is 0. The summed E-state index contributed by atoms with van der Waals surface area (Å²) in [4.78, 5) is 4.42. The topological polar surface area (TPSA) is 51.0 Å². The fourth-order valence-corrected chi connectivity index (χ4v) is 2.64. The van der Waals surface area contributed by atoms with E-state index >= 15 is 0 Å². The smallest absolute Gasteiger partial charge is 0.246 e. The molecular weight excluding hydrogens is 330 g/mol. The van der Waals surface area contributed by atoms with E-state index in [4.69, 9.17) is 4.52 Å². The van der Waals surface area contributed by atoms with Gasteiger partial charge in [-0.3, -0.25) is 0 Å². The largest absolute Gasteiger partial charge is 0.376 e. The standard InChI is InChI=1S/C16H14BrN3O/c1-11-7-8-13(14(17)9-11)16-19-15(21-20-16)10-18-12-5-3-2-4-6-12/h2-9,18H,10H2,1H3. The number of nitrogens with zero attached hydrogens (tertiary/aromatic N) is 2. The summed E-state index contributed by atoms with van der Waals surface area (Å²) >= 11 is 3.53. The Balaban J connectivity index is 1.74. The van der Waals surface area contributed by atoms with E-state index in [1.807, 2.05) is 55.5 Å². The van der Waals surface area contributed by atoms with E-state index in [9.17, 15) is 0 Å². The maximum atomic E-state index is 5.28. The van der Waals surface area contributed by atoms with Crippen LogP contribution in [0, 0.1) is 6.92 Å². The van der Waals surface area contributed by atoms with Crippen LogP contribution in [-0.2, 0) is 6.54 Å². The van der Waals surface area contributed by atoms with E-state index in [0.717, 1.165) is 15.7 Å². The van der Waals surface area contributed by atoms with Crippen molar-refractivity contribution in [1.82, 2.24) is 10.1 Å². The molecule has 0 unspecified atom stereocenters. The minimum Gasteiger partial charge on any atom is -0.376 e. The first-order valence-electron chi connectivity index (χ1n) is 6.60. The normalized spacial score (nSPS) is 10.6. The van der Waals surface area contributed by atoms with Gasteiger partial charge in [-0.25, -0.2) is 0 Å². The van der Waals surface area contributed by atoms with Gasteiger partial charge in [0.05, 0.1) is 6.54 Å². The Bertz CT molecular complexity index is 740. The van der Waals surface area contributed by atoms with Gasteiger partial charge >= 0.3 is 0 Å². The van der Waals surface area contributed by atoms with Gasteiger partial charge in [0.1, 0.15) is 0 Å². The van der Waals surface area contributed by atoms with E-state index in [-0.39, 0.29) is 0 Å². The van der Waals surface area contributed by atoms with E-state index < -0.39 is 0 Å². The van der Waals surface area contributed by atoms with Crippen LogP contribution in [0.5, 0.6) is 0 Å². The number of aryl methyl sites for hydroxylation is 1. The van der Waals surface area contributed by atoms with E-state index in [1.54, 1.807) is 0 Å². The summed E-state index contributed by atoms with van der Waals surface area (Å²) < 4.78 is 6.25. The number of aromatic nitrogens is 2. The number of hydrogen-bond donors (Lipinski definition) is 1. The van der Waals surface area contributed by atoms with Crippen molar-refractivity contribution < 1.29 is 4.52 Å². The van der Waals surface area contributed by atoms with Crippen LogP contribution in [-0.4, -0.2) is 10.1 Å². The van der Waals surface area contributed by atoms with Crippen molar-refractivity contribution in [3.8, 4) is 11.4 Å². The molecule has 4 nitrogen and oxygen atoms in total. The van der Waals surface area contributed by atoms with Gasteiger partial charge in [-0.15, -0.1) is 0 Å². The molecule has 1 N–H and O–H groups in total. The fraction of sp³-hybridized carbons (Fsp3) is 0.125. The number of halogens is 1. The summed E-state index contributed by atoms with van der Waals surface area (Å²) in [6.45, 7) is 2.54. The first-order valence-corrected chi connectivity index (χ1v) is 7.40. The summed E-state index contributed by atoms with van der Waals surface area (Å²) in [6.07, 6.45) is 0. The van der Waals surface area contributed by atoms with E-state index in [0.29, 0.717) is 18.3 Å². The zero-order valence-corrected chi connectivity index (χ0v) is 13.1. The first-order chi connectivity index (χ1) is 10.2. The predicted molar refractivity (Wildman–Crippen MR) is 85.9 cm³/mol. The van der Waals surface area contributed by atoms with Crippen LogP contribution in [0.4, 0.5) is 5.69 Å². The number of anilines is 1. The minimum atomic E-state index is 0.500. The van der Waals surface area contributed by atoms with Crippen LogP contribution < -0.4 is 5.32 Å². The Morgan fingerprint density at radius 1 is 1.14 bits per heavy atom. The number of hydrogen-bond acceptors (Lipinski definition) is 4. The van der Waals surface area contributed by atoms with Gasteiger partial charge in [-0.2, -0.15) is 4.98 Å². The summed E-state index contributed by atoms with van der Waals surface area (Å²) in [5, 5.41) is 7.27. The second-order valence-electron chi connectivity index (χ2n) is 4.71. The average Bonchev–Trinajstić information content (AvgIpc) is 2.95. The molecule has 1 heterocycles. The number of benzene rings is 2. The molecule has 3 rings (SSSR count). The zero-order chi connectivity index (χ0) is 14.7. The molecule has 0 aliphatic carbocycles. The molecule has 0 radical (unpaired) electrons. The molecule has 2 aromatic carbocycles. The Morgan fingerprint density at radius 3 is 2.71 bits per heavy atom. The molecule has 0 bridgehead atoms. The summed E-state index contributed by atoms with van der Waals surface area (Å²) in [6, 6.07) is 16.0. The Kier molecular flexibility index (Phi) is 4.01. The maximum absolute atomic E-state index is 5.28. The Morgan fingerprint density at radius 2 is 1.95 bits per heavy atom. The maximum Gasteiger partial charge on any atom is 0.246 e. The molecule has 0 fully saturated rings. The lowest BCUT2D eigenvalue weighted by Gasteiger charge is -2.01. The van der Waals surface area contributed by atoms with Crippen LogP contribution in [0.2, 0.25) is 0 Å². The van der Waals surface area contributed by atoms with Crippen molar-refractivity contribution in [2.75, 3.05) is 5.32 Å². The van der Waals surface area contributed by atoms with Gasteiger partial charge in [0.15, 0.2) is 0 Å². The predicted octanol–water partition coefficient (Wildman–Crippen LogP) is 4.42. The van der Waals surface area contributed by atoms with Crippen molar-refractivity contribution in [3.05, 3.63) is 64.5 Å². The van der Waals surface area contributed by atoms with Gasteiger partial charge in [0, 0.05) is 15.7 Å². The van der Waals surface area contributed by atoms with Crippen LogP contribution in [0.3, 0.4) is 0 Å². The number of nitrogens with one attached hydrogen (secondary N) is 1. The highest BCUT2D eigenvalue weighted by Crippen LogP contribution is 2.27. The quantitative estimate of drug-likeness (QED) is 0.761. The molecule has 1 aromatic heterocycles. The summed E-state index contributed by atoms with van der Waals surface area (Å²) in [5.74, 6) is 1.15. The number of para-hydroxylation sites is 1. The molecule has 0 aliphatic heterocycles. The molecule has 3 aromatic rings. The second kappa shape index (κ2) is 6.10. The van der Waals surface area contributed by atoms with Crippen molar-refractivity contribution in [2.24, 2.45) is 0 Å². The molecule has 0 aliphatic rings. The van der Waals surface area contributed by atoms with Crippen molar-refractivity contribution in [3.63, 3.8) is 0 Å². The molecule has 0 saturated heterocycles. The molecule has 0 atom stereocenters. The monoisotopic (exact) mass is 343 g/mol. The average molecular weight is 344 g/mol. The highest BCUT2D eigenvalue weighted by atomic mass is 79.9. The summed E-state index contributed by atoms with van der Waals surface area (Å²) in [5.41, 5.74) is 3.13. The molecule has 5 heteroatoms. The van der Waals surface area contributed by atoms with Gasteiger partial charge < -0.3 is 9.84 Å². The van der Waals surface area contributed by atoms with Crippen LogP contribution in [0.25, 0.3) is 11.4 Å². The van der Waals surface area contributed by atoms with E-state index in [2.05, 4.69) is 31.4 Å². The third-order valence-electron chi connectivity index (χ3n) is 3.05. The molecule has 106 valence electrons. The Hall–Kier alpha value is -2.14. The lowest BCUT2D eigenvalue weighted by atomic mass is 10.1. The fourth-order valence-electron chi connectivity index (χ4n) is 1.97. The lowest BCUT2D eigenvalue weighted by Crippen LogP contribution is -1.99. The van der Waals surface area contributed by atoms with Crippen LogP contribution in [0.15, 0.2) is 57.5 Å². The Labute approximate surface area is 131 Å². The highest BCUT2D eigenvalue weighted by molar-refractivity contribution is 9.10. The van der Waals surface area contributed by atoms with Crippen molar-refractivity contribution in [1.29, 1.82) is 0 Å². The highest BCUT2D eigenvalue weighted by Gasteiger charge is 2.11. The molecular formula is C16H14BrN3O. The van der Waals surface area contributed by atoms with Crippen LogP contribution >= 0.6 is 15.9 Å². The van der Waals surface area contributed by atoms with Gasteiger partial charge in [-0.05, 0) is 36.8 Å². The molecule has 0 saturated carbocycles. The van der Waals surface area contributed by atoms with E-state index in [1.165, 1.54) is 5.56 Å². The molecule has 0 spiro atoms. The van der Waals surface area contributed by atoms with Gasteiger partial charge in [0.2, 0.25) is 11.7 Å². The van der Waals surface area contributed by atoms with Gasteiger partial charge in [0.25, 0.3) is 0 Å². The second-order valence-corrected chi connectivity index (χ2v) is 5.57. The third-order valence-corrected chi connectivity index (χ3v) is 3.71. The van der Waals surface area contributed by atoms with Crippen LogP contribution in [0.1, 0.15) is 11.5 Å². The minimum absolute atomic E-state index is 0.500. The van der Waals surface area contributed by atoms with Gasteiger partial charge in [-0.1, -0.05) is 45.4 Å². The lowest BCUT2D eigenvalue weighted by molar-refractivity contribution is 0.384. The third kappa shape index (κ3) is 3.31. The number of rotatable bonds is 4. The van der Waals surface area contributed by atoms with Crippen molar-refractivity contribution in [2.45, 2.75) is 13.5 Å².